The quantitative estimate of drug-likeness (QED) is 0.394. The molecule has 0 bridgehead atoms. The molecule has 3 aromatic carbocycles. The van der Waals surface area contributed by atoms with Gasteiger partial charge in [0.15, 0.2) is 0 Å². The van der Waals surface area contributed by atoms with Crippen LogP contribution in [0.3, 0.4) is 0 Å². The van der Waals surface area contributed by atoms with Crippen LogP contribution in [0.1, 0.15) is 46.6 Å². The second-order valence-corrected chi connectivity index (χ2v) is 9.38. The number of carbonyl (C=O) groups excluding carboxylic acids is 2. The lowest BCUT2D eigenvalue weighted by Crippen LogP contribution is -2.29. The van der Waals surface area contributed by atoms with Gasteiger partial charge in [0.05, 0.1) is 25.7 Å². The van der Waals surface area contributed by atoms with Gasteiger partial charge in [-0.2, -0.15) is 0 Å². The van der Waals surface area contributed by atoms with E-state index in [0.717, 1.165) is 24.8 Å². The van der Waals surface area contributed by atoms with Crippen LogP contribution in [0.15, 0.2) is 66.7 Å². The van der Waals surface area contributed by atoms with Crippen molar-refractivity contribution in [3.8, 4) is 11.5 Å². The Morgan fingerprint density at radius 2 is 1.83 bits per heavy atom. The summed E-state index contributed by atoms with van der Waals surface area (Å²) in [6, 6.07) is 20.8. The van der Waals surface area contributed by atoms with Gasteiger partial charge in [-0.25, -0.2) is 0 Å². The summed E-state index contributed by atoms with van der Waals surface area (Å²) in [6.45, 7) is 2.17. The van der Waals surface area contributed by atoms with Gasteiger partial charge in [0.1, 0.15) is 16.9 Å². The lowest BCUT2D eigenvalue weighted by molar-refractivity contribution is -0.115. The number of thioether (sulfide) groups is 1. The van der Waals surface area contributed by atoms with Crippen molar-refractivity contribution in [2.24, 2.45) is 0 Å². The maximum absolute atomic E-state index is 13.1. The van der Waals surface area contributed by atoms with E-state index in [1.807, 2.05) is 60.7 Å². The van der Waals surface area contributed by atoms with Crippen LogP contribution in [-0.2, 0) is 11.2 Å². The summed E-state index contributed by atoms with van der Waals surface area (Å²) in [5, 5.41) is 2.75. The van der Waals surface area contributed by atoms with Crippen molar-refractivity contribution in [2.75, 3.05) is 30.2 Å². The fraction of sp³-hybridized carbons (Fsp3) is 0.286. The van der Waals surface area contributed by atoms with Gasteiger partial charge in [0, 0.05) is 22.9 Å². The molecule has 7 heteroatoms. The minimum atomic E-state index is -0.308. The first-order chi connectivity index (χ1) is 17.0. The fourth-order valence-corrected chi connectivity index (χ4v) is 5.33. The third-order valence-corrected chi connectivity index (χ3v) is 7.22. The zero-order valence-electron chi connectivity index (χ0n) is 20.2. The standard InChI is InChI=1S/C28H30N2O4S/c1-4-5-8-19-11-13-20(14-12-19)27(32)29-23-10-7-6-9-22(23)28-30(26(31)18-35-28)24-16-15-21(33-2)17-25(24)34-3/h6-7,9-17,28H,4-5,8,18H2,1-3H3,(H,29,32)/t28-/m1/s1. The Hall–Kier alpha value is -3.45. The van der Waals surface area contributed by atoms with Gasteiger partial charge >= 0.3 is 0 Å². The molecule has 0 saturated carbocycles. The van der Waals surface area contributed by atoms with Gasteiger partial charge in [0.25, 0.3) is 5.91 Å². The van der Waals surface area contributed by atoms with Crippen LogP contribution in [0.2, 0.25) is 0 Å². The van der Waals surface area contributed by atoms with E-state index in [1.54, 1.807) is 25.2 Å². The summed E-state index contributed by atoms with van der Waals surface area (Å²) in [5.74, 6) is 1.33. The number of benzene rings is 3. The maximum Gasteiger partial charge on any atom is 0.255 e. The number of rotatable bonds is 9. The number of hydrogen-bond donors (Lipinski definition) is 1. The molecular weight excluding hydrogens is 460 g/mol. The number of nitrogens with zero attached hydrogens (tertiary/aromatic N) is 1. The summed E-state index contributed by atoms with van der Waals surface area (Å²) in [4.78, 5) is 27.8. The molecule has 0 aliphatic carbocycles. The number of para-hydroxylation sites is 1. The monoisotopic (exact) mass is 490 g/mol. The number of nitrogens with one attached hydrogen (secondary N) is 1. The lowest BCUT2D eigenvalue weighted by atomic mass is 10.1. The number of aryl methyl sites for hydroxylation is 1. The van der Waals surface area contributed by atoms with E-state index in [-0.39, 0.29) is 17.2 Å². The SMILES string of the molecule is CCCCc1ccc(C(=O)Nc2ccccc2[C@H]2SCC(=O)N2c2ccc(OC)cc2OC)cc1. The lowest BCUT2D eigenvalue weighted by Gasteiger charge is -2.27. The molecule has 4 rings (SSSR count). The topological polar surface area (TPSA) is 67.9 Å². The number of methoxy groups -OCH3 is 2. The first-order valence-electron chi connectivity index (χ1n) is 11.7. The molecule has 1 saturated heterocycles. The molecule has 6 nitrogen and oxygen atoms in total. The average Bonchev–Trinajstić information content (AvgIpc) is 3.28. The van der Waals surface area contributed by atoms with Crippen molar-refractivity contribution in [3.63, 3.8) is 0 Å². The zero-order valence-corrected chi connectivity index (χ0v) is 21.1. The first kappa shape index (κ1) is 24.7. The molecule has 1 atom stereocenters. The maximum atomic E-state index is 13.1. The Kier molecular flexibility index (Phi) is 7.98. The number of ether oxygens (including phenoxy) is 2. The van der Waals surface area contributed by atoms with Crippen molar-refractivity contribution in [1.82, 2.24) is 0 Å². The van der Waals surface area contributed by atoms with Gasteiger partial charge in [-0.3, -0.25) is 14.5 Å². The van der Waals surface area contributed by atoms with Crippen LogP contribution in [0.5, 0.6) is 11.5 Å². The van der Waals surface area contributed by atoms with Crippen LogP contribution >= 0.6 is 11.8 Å². The normalized spacial score (nSPS) is 15.2. The van der Waals surface area contributed by atoms with E-state index < -0.39 is 0 Å². The number of carbonyl (C=O) groups is 2. The highest BCUT2D eigenvalue weighted by atomic mass is 32.2. The molecule has 0 aromatic heterocycles. The van der Waals surface area contributed by atoms with E-state index in [9.17, 15) is 9.59 Å². The van der Waals surface area contributed by atoms with Gasteiger partial charge in [-0.1, -0.05) is 43.7 Å². The van der Waals surface area contributed by atoms with E-state index >= 15 is 0 Å². The minimum absolute atomic E-state index is 0.0211. The first-order valence-corrected chi connectivity index (χ1v) is 12.8. The van der Waals surface area contributed by atoms with Crippen LogP contribution in [0.4, 0.5) is 11.4 Å². The molecule has 35 heavy (non-hydrogen) atoms. The van der Waals surface area contributed by atoms with Crippen LogP contribution in [0, 0.1) is 0 Å². The van der Waals surface area contributed by atoms with E-state index in [1.165, 1.54) is 17.3 Å². The van der Waals surface area contributed by atoms with Gasteiger partial charge in [-0.15, -0.1) is 11.8 Å². The van der Waals surface area contributed by atoms with Crippen molar-refractivity contribution < 1.29 is 19.1 Å². The third-order valence-electron chi connectivity index (χ3n) is 6.02. The molecule has 1 aliphatic heterocycles. The van der Waals surface area contributed by atoms with E-state index in [2.05, 4.69) is 12.2 Å². The van der Waals surface area contributed by atoms with Crippen molar-refractivity contribution >= 4 is 35.0 Å². The number of amides is 2. The predicted molar refractivity (Wildman–Crippen MR) is 142 cm³/mol. The summed E-state index contributed by atoms with van der Waals surface area (Å²) in [7, 11) is 3.16. The van der Waals surface area contributed by atoms with Crippen molar-refractivity contribution in [3.05, 3.63) is 83.4 Å². The van der Waals surface area contributed by atoms with Crippen molar-refractivity contribution in [2.45, 2.75) is 31.6 Å². The number of hydrogen-bond acceptors (Lipinski definition) is 5. The highest BCUT2D eigenvalue weighted by molar-refractivity contribution is 8.00. The summed E-state index contributed by atoms with van der Waals surface area (Å²) < 4.78 is 10.9. The molecule has 1 fully saturated rings. The van der Waals surface area contributed by atoms with Gasteiger partial charge < -0.3 is 14.8 Å². The second-order valence-electron chi connectivity index (χ2n) is 8.31. The van der Waals surface area contributed by atoms with Gasteiger partial charge in [0.2, 0.25) is 5.91 Å². The van der Waals surface area contributed by atoms with E-state index in [4.69, 9.17) is 9.47 Å². The molecule has 182 valence electrons. The Morgan fingerprint density at radius 1 is 1.06 bits per heavy atom. The second kappa shape index (κ2) is 11.3. The Labute approximate surface area is 210 Å². The van der Waals surface area contributed by atoms with Crippen LogP contribution in [0.25, 0.3) is 0 Å². The fourth-order valence-electron chi connectivity index (χ4n) is 4.12. The molecule has 1 aliphatic rings. The summed E-state index contributed by atoms with van der Waals surface area (Å²) >= 11 is 1.52. The molecular formula is C28H30N2O4S. The Morgan fingerprint density at radius 3 is 2.54 bits per heavy atom. The molecule has 1 heterocycles. The Bertz CT molecular complexity index is 1200. The molecule has 2 amide bonds. The molecule has 0 unspecified atom stereocenters. The average molecular weight is 491 g/mol. The van der Waals surface area contributed by atoms with Crippen LogP contribution < -0.4 is 19.7 Å². The third kappa shape index (κ3) is 5.46. The number of anilines is 2. The van der Waals surface area contributed by atoms with Crippen molar-refractivity contribution in [1.29, 1.82) is 0 Å². The van der Waals surface area contributed by atoms with Crippen LogP contribution in [-0.4, -0.2) is 31.8 Å². The molecule has 0 radical (unpaired) electrons. The molecule has 1 N–H and O–H groups in total. The van der Waals surface area contributed by atoms with Gasteiger partial charge in [-0.05, 0) is 48.7 Å². The number of unbranched alkanes of at least 4 members (excludes halogenated alkanes) is 1. The molecule has 3 aromatic rings. The minimum Gasteiger partial charge on any atom is -0.497 e. The zero-order chi connectivity index (χ0) is 24.8. The highest BCUT2D eigenvalue weighted by Crippen LogP contribution is 2.47. The smallest absolute Gasteiger partial charge is 0.255 e. The van der Waals surface area contributed by atoms with E-state index in [0.29, 0.717) is 34.2 Å². The highest BCUT2D eigenvalue weighted by Gasteiger charge is 2.37. The largest absolute Gasteiger partial charge is 0.497 e. The predicted octanol–water partition coefficient (Wildman–Crippen LogP) is 6.08. The summed E-state index contributed by atoms with van der Waals surface area (Å²) in [5.41, 5.74) is 4.03. The summed E-state index contributed by atoms with van der Waals surface area (Å²) in [6.07, 6.45) is 3.28. The Balaban J connectivity index is 1.60. The molecule has 0 spiro atoms.